The molecule has 3 heteroatoms. The van der Waals surface area contributed by atoms with Gasteiger partial charge in [-0.25, -0.2) is 0 Å². The maximum atomic E-state index is 12.2. The summed E-state index contributed by atoms with van der Waals surface area (Å²) in [4.78, 5) is 14.6. The van der Waals surface area contributed by atoms with Crippen molar-refractivity contribution >= 4 is 11.5 Å². The lowest BCUT2D eigenvalue weighted by Crippen LogP contribution is -2.34. The molecule has 3 nitrogen and oxygen atoms in total. The van der Waals surface area contributed by atoms with Gasteiger partial charge in [-0.1, -0.05) is 31.4 Å². The molecule has 1 saturated carbocycles. The first kappa shape index (κ1) is 15.0. The van der Waals surface area contributed by atoms with Gasteiger partial charge in [-0.3, -0.25) is 4.79 Å². The van der Waals surface area contributed by atoms with Crippen LogP contribution in [0.5, 0.6) is 0 Å². The van der Waals surface area contributed by atoms with Gasteiger partial charge < -0.3 is 10.6 Å². The Kier molecular flexibility index (Phi) is 5.18. The summed E-state index contributed by atoms with van der Waals surface area (Å²) in [7, 11) is 2.15. The number of hydrogen-bond donors (Lipinski definition) is 1. The molecule has 0 heterocycles. The number of Topliss-reactive ketones (excluding diaryl/α,β-unsaturated/α-hetero) is 1. The molecule has 1 aromatic rings. The number of benzene rings is 1. The van der Waals surface area contributed by atoms with Crippen LogP contribution >= 0.6 is 0 Å². The first-order valence-corrected chi connectivity index (χ1v) is 7.67. The molecule has 0 saturated heterocycles. The van der Waals surface area contributed by atoms with Crippen molar-refractivity contribution in [3.63, 3.8) is 0 Å². The summed E-state index contributed by atoms with van der Waals surface area (Å²) in [6.07, 6.45) is 7.17. The van der Waals surface area contributed by atoms with Crippen molar-refractivity contribution in [1.82, 2.24) is 4.90 Å². The number of rotatable bonds is 5. The zero-order valence-electron chi connectivity index (χ0n) is 12.7. The normalized spacial score (nSPS) is 16.6. The molecule has 1 fully saturated rings. The summed E-state index contributed by atoms with van der Waals surface area (Å²) in [5, 5.41) is 0. The van der Waals surface area contributed by atoms with Crippen molar-refractivity contribution in [3.8, 4) is 0 Å². The molecule has 0 bridgehead atoms. The van der Waals surface area contributed by atoms with Crippen molar-refractivity contribution in [2.45, 2.75) is 51.5 Å². The Bertz CT molecular complexity index is 464. The minimum Gasteiger partial charge on any atom is -0.398 e. The van der Waals surface area contributed by atoms with E-state index < -0.39 is 0 Å². The second-order valence-electron chi connectivity index (χ2n) is 6.02. The number of ketones is 1. The lowest BCUT2D eigenvalue weighted by Gasteiger charge is -2.30. The molecule has 1 aliphatic rings. The van der Waals surface area contributed by atoms with Gasteiger partial charge in [0.1, 0.15) is 0 Å². The van der Waals surface area contributed by atoms with Gasteiger partial charge in [0.15, 0.2) is 5.78 Å². The van der Waals surface area contributed by atoms with Crippen molar-refractivity contribution in [2.24, 2.45) is 0 Å². The van der Waals surface area contributed by atoms with E-state index in [0.717, 1.165) is 17.7 Å². The predicted octanol–water partition coefficient (Wildman–Crippen LogP) is 3.41. The zero-order chi connectivity index (χ0) is 14.5. The summed E-state index contributed by atoms with van der Waals surface area (Å²) in [5.41, 5.74) is 8.34. The number of nitrogen functional groups attached to an aromatic ring is 1. The number of nitrogens with two attached hydrogens (primary N) is 1. The van der Waals surface area contributed by atoms with Gasteiger partial charge in [0.25, 0.3) is 0 Å². The van der Waals surface area contributed by atoms with Crippen LogP contribution in [0.15, 0.2) is 18.2 Å². The van der Waals surface area contributed by atoms with Gasteiger partial charge in [0, 0.05) is 30.3 Å². The Hall–Kier alpha value is -1.35. The van der Waals surface area contributed by atoms with E-state index >= 15 is 0 Å². The molecule has 0 atom stereocenters. The molecule has 0 aliphatic heterocycles. The minimum atomic E-state index is 0.194. The lowest BCUT2D eigenvalue weighted by molar-refractivity contribution is 0.0952. The molecule has 2 rings (SSSR count). The molecule has 0 unspecified atom stereocenters. The Morgan fingerprint density at radius 3 is 2.65 bits per heavy atom. The van der Waals surface area contributed by atoms with Crippen LogP contribution in [0, 0.1) is 6.92 Å². The first-order chi connectivity index (χ1) is 9.58. The topological polar surface area (TPSA) is 46.3 Å². The Balaban J connectivity index is 1.86. The van der Waals surface area contributed by atoms with E-state index in [2.05, 4.69) is 11.9 Å². The largest absolute Gasteiger partial charge is 0.398 e. The van der Waals surface area contributed by atoms with Crippen molar-refractivity contribution < 1.29 is 4.79 Å². The van der Waals surface area contributed by atoms with Crippen LogP contribution < -0.4 is 5.73 Å². The molecule has 0 radical (unpaired) electrons. The third-order valence-corrected chi connectivity index (χ3v) is 4.49. The average Bonchev–Trinajstić information content (AvgIpc) is 2.48. The molecular formula is C17H26N2O. The second-order valence-corrected chi connectivity index (χ2v) is 6.02. The Labute approximate surface area is 122 Å². The predicted molar refractivity (Wildman–Crippen MR) is 84.0 cm³/mol. The highest BCUT2D eigenvalue weighted by Gasteiger charge is 2.18. The van der Waals surface area contributed by atoms with E-state index in [1.54, 1.807) is 6.07 Å². The standard InChI is InChI=1S/C17H26N2O/c1-13-8-9-14(12-16(13)18)17(20)10-11-19(2)15-6-4-3-5-7-15/h8-9,12,15H,3-7,10-11,18H2,1-2H3. The van der Waals surface area contributed by atoms with E-state index in [1.807, 2.05) is 19.1 Å². The molecular weight excluding hydrogens is 248 g/mol. The van der Waals surface area contributed by atoms with Crippen molar-refractivity contribution in [2.75, 3.05) is 19.3 Å². The van der Waals surface area contributed by atoms with Gasteiger partial charge in [0.05, 0.1) is 0 Å². The van der Waals surface area contributed by atoms with Gasteiger partial charge in [-0.15, -0.1) is 0 Å². The monoisotopic (exact) mass is 274 g/mol. The third kappa shape index (κ3) is 3.83. The highest BCUT2D eigenvalue weighted by Crippen LogP contribution is 2.22. The number of carbonyl (C=O) groups excluding carboxylic acids is 1. The highest BCUT2D eigenvalue weighted by molar-refractivity contribution is 5.97. The van der Waals surface area contributed by atoms with Crippen LogP contribution in [0.3, 0.4) is 0 Å². The number of hydrogen-bond acceptors (Lipinski definition) is 3. The van der Waals surface area contributed by atoms with Gasteiger partial charge in [0.2, 0.25) is 0 Å². The van der Waals surface area contributed by atoms with Crippen LogP contribution in [0.1, 0.15) is 54.4 Å². The molecule has 2 N–H and O–H groups in total. The first-order valence-electron chi connectivity index (χ1n) is 7.67. The summed E-state index contributed by atoms with van der Waals surface area (Å²) < 4.78 is 0. The van der Waals surface area contributed by atoms with Gasteiger partial charge >= 0.3 is 0 Å². The van der Waals surface area contributed by atoms with E-state index in [4.69, 9.17) is 5.73 Å². The lowest BCUT2D eigenvalue weighted by atomic mass is 9.94. The molecule has 0 spiro atoms. The van der Waals surface area contributed by atoms with Crippen molar-refractivity contribution in [1.29, 1.82) is 0 Å². The fourth-order valence-corrected chi connectivity index (χ4v) is 2.94. The maximum absolute atomic E-state index is 12.2. The van der Waals surface area contributed by atoms with Gasteiger partial charge in [-0.2, -0.15) is 0 Å². The maximum Gasteiger partial charge on any atom is 0.164 e. The minimum absolute atomic E-state index is 0.194. The SMILES string of the molecule is Cc1ccc(C(=O)CCN(C)C2CCCCC2)cc1N. The van der Waals surface area contributed by atoms with Crippen LogP contribution in [-0.2, 0) is 0 Å². The third-order valence-electron chi connectivity index (χ3n) is 4.49. The van der Waals surface area contributed by atoms with Crippen molar-refractivity contribution in [3.05, 3.63) is 29.3 Å². The molecule has 1 aromatic carbocycles. The second kappa shape index (κ2) is 6.89. The molecule has 110 valence electrons. The zero-order valence-corrected chi connectivity index (χ0v) is 12.7. The fourth-order valence-electron chi connectivity index (χ4n) is 2.94. The molecule has 0 aromatic heterocycles. The summed E-state index contributed by atoms with van der Waals surface area (Å²) in [5.74, 6) is 0.194. The summed E-state index contributed by atoms with van der Waals surface area (Å²) in [6, 6.07) is 6.28. The molecule has 0 amide bonds. The van der Waals surface area contributed by atoms with Gasteiger partial charge in [-0.05, 0) is 38.4 Å². The number of anilines is 1. The van der Waals surface area contributed by atoms with E-state index in [1.165, 1.54) is 32.1 Å². The number of carbonyl (C=O) groups is 1. The number of nitrogens with zero attached hydrogens (tertiary/aromatic N) is 1. The Morgan fingerprint density at radius 1 is 1.30 bits per heavy atom. The van der Waals surface area contributed by atoms with E-state index in [9.17, 15) is 4.79 Å². The fraction of sp³-hybridized carbons (Fsp3) is 0.588. The van der Waals surface area contributed by atoms with Crippen LogP contribution in [0.4, 0.5) is 5.69 Å². The van der Waals surface area contributed by atoms with E-state index in [-0.39, 0.29) is 5.78 Å². The number of aryl methyl sites for hydroxylation is 1. The molecule has 1 aliphatic carbocycles. The van der Waals surface area contributed by atoms with E-state index in [0.29, 0.717) is 18.2 Å². The van der Waals surface area contributed by atoms with Crippen LogP contribution in [0.2, 0.25) is 0 Å². The highest BCUT2D eigenvalue weighted by atomic mass is 16.1. The average molecular weight is 274 g/mol. The van der Waals surface area contributed by atoms with Crippen LogP contribution in [0.25, 0.3) is 0 Å². The Morgan fingerprint density at radius 2 is 2.00 bits per heavy atom. The quantitative estimate of drug-likeness (QED) is 0.661. The summed E-state index contributed by atoms with van der Waals surface area (Å²) in [6.45, 7) is 2.80. The smallest absolute Gasteiger partial charge is 0.164 e. The summed E-state index contributed by atoms with van der Waals surface area (Å²) >= 11 is 0. The van der Waals surface area contributed by atoms with Crippen LogP contribution in [-0.4, -0.2) is 30.3 Å². The molecule has 20 heavy (non-hydrogen) atoms.